The monoisotopic (exact) mass is 233 g/mol. The Morgan fingerprint density at radius 1 is 1.29 bits per heavy atom. The van der Waals surface area contributed by atoms with Gasteiger partial charge in [0, 0.05) is 19.6 Å². The smallest absolute Gasteiger partial charge is 0.118 e. The zero-order valence-electron chi connectivity index (χ0n) is 11.1. The van der Waals surface area contributed by atoms with E-state index in [9.17, 15) is 0 Å². The molecule has 0 spiro atoms. The number of ether oxygens (including phenoxy) is 1. The molecule has 0 aliphatic carbocycles. The number of benzene rings is 1. The third-order valence-corrected chi connectivity index (χ3v) is 2.58. The molecule has 1 rings (SSSR count). The molecular weight excluding hydrogens is 210 g/mol. The lowest BCUT2D eigenvalue weighted by Crippen LogP contribution is -2.27. The maximum atomic E-state index is 5.16. The first-order valence-electron chi connectivity index (χ1n) is 6.12. The molecule has 0 aliphatic rings. The van der Waals surface area contributed by atoms with E-state index in [0.29, 0.717) is 5.92 Å². The van der Waals surface area contributed by atoms with Crippen molar-refractivity contribution in [2.24, 2.45) is 5.92 Å². The molecule has 0 atom stereocenters. The highest BCUT2D eigenvalue weighted by molar-refractivity contribution is 5.27. The molecule has 0 radical (unpaired) electrons. The zero-order chi connectivity index (χ0) is 12.7. The molecule has 0 fully saturated rings. The lowest BCUT2D eigenvalue weighted by atomic mass is 10.1. The number of methoxy groups -OCH3 is 1. The first-order chi connectivity index (χ1) is 8.15. The average molecular weight is 233 g/mol. The minimum absolute atomic E-state index is 0.674. The van der Waals surface area contributed by atoms with Crippen molar-refractivity contribution in [2.45, 2.75) is 20.4 Å². The molecule has 0 saturated carbocycles. The second kappa shape index (κ2) is 7.13. The van der Waals surface area contributed by atoms with Gasteiger partial charge in [-0.05, 0) is 23.6 Å². The van der Waals surface area contributed by atoms with E-state index < -0.39 is 0 Å². The highest BCUT2D eigenvalue weighted by Gasteiger charge is 2.06. The molecule has 0 unspecified atom stereocenters. The van der Waals surface area contributed by atoms with E-state index in [1.807, 2.05) is 18.2 Å². The van der Waals surface area contributed by atoms with Crippen LogP contribution in [0.3, 0.4) is 0 Å². The van der Waals surface area contributed by atoms with Gasteiger partial charge in [-0.2, -0.15) is 0 Å². The summed E-state index contributed by atoms with van der Waals surface area (Å²) in [5, 5.41) is 0. The van der Waals surface area contributed by atoms with Crippen LogP contribution in [0.1, 0.15) is 19.4 Å². The van der Waals surface area contributed by atoms with Gasteiger partial charge in [-0.1, -0.05) is 32.1 Å². The van der Waals surface area contributed by atoms with E-state index >= 15 is 0 Å². The normalized spacial score (nSPS) is 10.9. The third-order valence-electron chi connectivity index (χ3n) is 2.58. The summed E-state index contributed by atoms with van der Waals surface area (Å²) in [7, 11) is 1.69. The van der Waals surface area contributed by atoms with Crippen molar-refractivity contribution < 1.29 is 4.74 Å². The minimum atomic E-state index is 0.674. The summed E-state index contributed by atoms with van der Waals surface area (Å²) in [5.74, 6) is 1.58. The molecule has 1 aromatic rings. The average Bonchev–Trinajstić information content (AvgIpc) is 2.29. The molecule has 0 aromatic heterocycles. The number of rotatable bonds is 7. The van der Waals surface area contributed by atoms with Crippen LogP contribution >= 0.6 is 0 Å². The lowest BCUT2D eigenvalue weighted by molar-refractivity contribution is 0.261. The maximum Gasteiger partial charge on any atom is 0.118 e. The van der Waals surface area contributed by atoms with Gasteiger partial charge in [0.15, 0.2) is 0 Å². The van der Waals surface area contributed by atoms with E-state index in [1.165, 1.54) is 5.56 Å². The van der Waals surface area contributed by atoms with Crippen LogP contribution in [0.5, 0.6) is 5.75 Å². The van der Waals surface area contributed by atoms with Crippen LogP contribution in [-0.4, -0.2) is 25.1 Å². The highest BCUT2D eigenvalue weighted by Crippen LogP contribution is 2.13. The molecule has 0 bridgehead atoms. The first kappa shape index (κ1) is 13.8. The molecule has 2 heteroatoms. The molecule has 0 amide bonds. The third kappa shape index (κ3) is 5.05. The van der Waals surface area contributed by atoms with Crippen molar-refractivity contribution in [1.29, 1.82) is 0 Å². The Morgan fingerprint density at radius 3 is 2.41 bits per heavy atom. The van der Waals surface area contributed by atoms with Crippen LogP contribution in [0.4, 0.5) is 0 Å². The van der Waals surface area contributed by atoms with Gasteiger partial charge in [-0.15, -0.1) is 6.58 Å². The first-order valence-corrected chi connectivity index (χ1v) is 6.12. The highest BCUT2D eigenvalue weighted by atomic mass is 16.5. The van der Waals surface area contributed by atoms with Gasteiger partial charge in [0.1, 0.15) is 5.75 Å². The van der Waals surface area contributed by atoms with Crippen LogP contribution in [0.25, 0.3) is 0 Å². The Balaban J connectivity index is 2.61. The van der Waals surface area contributed by atoms with Crippen molar-refractivity contribution in [3.05, 3.63) is 42.5 Å². The van der Waals surface area contributed by atoms with Crippen LogP contribution in [0, 0.1) is 5.92 Å². The van der Waals surface area contributed by atoms with Crippen molar-refractivity contribution in [3.8, 4) is 5.75 Å². The van der Waals surface area contributed by atoms with E-state index in [-0.39, 0.29) is 0 Å². The quantitative estimate of drug-likeness (QED) is 0.670. The van der Waals surface area contributed by atoms with Crippen LogP contribution in [0.2, 0.25) is 0 Å². The maximum absolute atomic E-state index is 5.16. The van der Waals surface area contributed by atoms with Crippen LogP contribution < -0.4 is 4.74 Å². The molecule has 0 saturated heterocycles. The summed E-state index contributed by atoms with van der Waals surface area (Å²) < 4.78 is 5.16. The van der Waals surface area contributed by atoms with Gasteiger partial charge in [0.2, 0.25) is 0 Å². The van der Waals surface area contributed by atoms with Gasteiger partial charge in [0.25, 0.3) is 0 Å². The summed E-state index contributed by atoms with van der Waals surface area (Å²) in [4.78, 5) is 2.40. The van der Waals surface area contributed by atoms with Gasteiger partial charge < -0.3 is 4.74 Å². The Hall–Kier alpha value is -1.28. The molecule has 17 heavy (non-hydrogen) atoms. The Morgan fingerprint density at radius 2 is 1.94 bits per heavy atom. The largest absolute Gasteiger partial charge is 0.497 e. The summed E-state index contributed by atoms with van der Waals surface area (Å²) in [5.41, 5.74) is 1.31. The fourth-order valence-corrected chi connectivity index (χ4v) is 1.89. The zero-order valence-corrected chi connectivity index (χ0v) is 11.1. The molecular formula is C15H23NO. The second-order valence-electron chi connectivity index (χ2n) is 4.72. The van der Waals surface area contributed by atoms with E-state index in [0.717, 1.165) is 25.4 Å². The van der Waals surface area contributed by atoms with Crippen molar-refractivity contribution >= 4 is 0 Å². The van der Waals surface area contributed by atoms with E-state index in [2.05, 4.69) is 37.5 Å². The molecule has 1 aromatic carbocycles. The summed E-state index contributed by atoms with van der Waals surface area (Å²) in [6.45, 7) is 11.3. The number of hydrogen-bond acceptors (Lipinski definition) is 2. The predicted molar refractivity (Wildman–Crippen MR) is 73.3 cm³/mol. The van der Waals surface area contributed by atoms with Crippen molar-refractivity contribution in [3.63, 3.8) is 0 Å². The predicted octanol–water partition coefficient (Wildman–Crippen LogP) is 3.34. The van der Waals surface area contributed by atoms with Crippen molar-refractivity contribution in [1.82, 2.24) is 4.90 Å². The molecule has 94 valence electrons. The Bertz CT molecular complexity index is 329. The summed E-state index contributed by atoms with van der Waals surface area (Å²) in [6.07, 6.45) is 1.96. The Labute approximate surface area is 105 Å². The standard InChI is InChI=1S/C15H23NO/c1-5-10-16(11-13(2)3)12-14-6-8-15(17-4)9-7-14/h5-9,13H,1,10-12H2,2-4H3. The van der Waals surface area contributed by atoms with Gasteiger partial charge in [-0.3, -0.25) is 4.90 Å². The molecule has 0 N–H and O–H groups in total. The SMILES string of the molecule is C=CCN(Cc1ccc(OC)cc1)CC(C)C. The lowest BCUT2D eigenvalue weighted by Gasteiger charge is -2.22. The second-order valence-corrected chi connectivity index (χ2v) is 4.72. The summed E-state index contributed by atoms with van der Waals surface area (Å²) in [6, 6.07) is 8.26. The summed E-state index contributed by atoms with van der Waals surface area (Å²) >= 11 is 0. The van der Waals surface area contributed by atoms with Gasteiger partial charge in [0.05, 0.1) is 7.11 Å². The number of hydrogen-bond donors (Lipinski definition) is 0. The van der Waals surface area contributed by atoms with Gasteiger partial charge >= 0.3 is 0 Å². The number of nitrogens with zero attached hydrogens (tertiary/aromatic N) is 1. The van der Waals surface area contributed by atoms with Crippen LogP contribution in [0.15, 0.2) is 36.9 Å². The minimum Gasteiger partial charge on any atom is -0.497 e. The van der Waals surface area contributed by atoms with E-state index in [1.54, 1.807) is 7.11 Å². The fourth-order valence-electron chi connectivity index (χ4n) is 1.89. The molecule has 0 heterocycles. The Kier molecular flexibility index (Phi) is 5.78. The van der Waals surface area contributed by atoms with Crippen molar-refractivity contribution in [2.75, 3.05) is 20.2 Å². The van der Waals surface area contributed by atoms with E-state index in [4.69, 9.17) is 4.74 Å². The molecule has 0 aliphatic heterocycles. The van der Waals surface area contributed by atoms with Crippen LogP contribution in [-0.2, 0) is 6.54 Å². The fraction of sp³-hybridized carbons (Fsp3) is 0.467. The molecule has 2 nitrogen and oxygen atoms in total. The van der Waals surface area contributed by atoms with Gasteiger partial charge in [-0.25, -0.2) is 0 Å². The topological polar surface area (TPSA) is 12.5 Å².